The highest BCUT2D eigenvalue weighted by atomic mass is 16.6. The smallest absolute Gasteiger partial charge is 0.268 e. The van der Waals surface area contributed by atoms with Crippen molar-refractivity contribution in [2.24, 2.45) is 0 Å². The Bertz CT molecular complexity index is 1170. The van der Waals surface area contributed by atoms with Gasteiger partial charge in [0.15, 0.2) is 11.5 Å². The monoisotopic (exact) mass is 432 g/mol. The molecule has 1 aromatic heterocycles. The van der Waals surface area contributed by atoms with E-state index in [1.165, 1.54) is 0 Å². The maximum absolute atomic E-state index is 13.5. The number of nitrogens with one attached hydrogen (secondary N) is 1. The number of carbonyl (C=O) groups is 2. The third-order valence-corrected chi connectivity index (χ3v) is 5.90. The predicted octanol–water partition coefficient (Wildman–Crippen LogP) is 2.33. The first-order valence-corrected chi connectivity index (χ1v) is 10.6. The van der Waals surface area contributed by atoms with Gasteiger partial charge in [0, 0.05) is 24.3 Å². The topological polar surface area (TPSA) is 85.7 Å². The quantitative estimate of drug-likeness (QED) is 0.687. The normalized spacial score (nSPS) is 20.1. The van der Waals surface area contributed by atoms with E-state index < -0.39 is 12.1 Å². The lowest BCUT2D eigenvalue weighted by Gasteiger charge is -2.38. The van der Waals surface area contributed by atoms with Crippen molar-refractivity contribution in [3.8, 4) is 17.2 Å². The highest BCUT2D eigenvalue weighted by Gasteiger charge is 2.42. The zero-order chi connectivity index (χ0) is 22.2. The van der Waals surface area contributed by atoms with Crippen molar-refractivity contribution in [3.05, 3.63) is 71.5 Å². The molecule has 2 aromatic carbocycles. The molecule has 0 radical (unpaired) electrons. The van der Waals surface area contributed by atoms with Crippen LogP contribution in [0.3, 0.4) is 0 Å². The molecule has 0 bridgehead atoms. The molecule has 8 heteroatoms. The minimum atomic E-state index is -0.817. The SMILES string of the molecule is Cc1nn(-c2ccccc2)c(C)c1[C@H]1C(=O)NCCN1C(=O)[C@@H]1COc2ccccc2O1. The number of nitrogens with zero attached hydrogens (tertiary/aromatic N) is 3. The van der Waals surface area contributed by atoms with Crippen molar-refractivity contribution < 1.29 is 19.1 Å². The van der Waals surface area contributed by atoms with Crippen molar-refractivity contribution in [3.63, 3.8) is 0 Å². The van der Waals surface area contributed by atoms with Gasteiger partial charge in [0.2, 0.25) is 12.0 Å². The molecule has 32 heavy (non-hydrogen) atoms. The van der Waals surface area contributed by atoms with Gasteiger partial charge in [-0.2, -0.15) is 5.10 Å². The molecule has 2 aliphatic heterocycles. The predicted molar refractivity (Wildman–Crippen MR) is 117 cm³/mol. The minimum Gasteiger partial charge on any atom is -0.485 e. The van der Waals surface area contributed by atoms with Crippen molar-refractivity contribution in [1.82, 2.24) is 20.0 Å². The van der Waals surface area contributed by atoms with Crippen LogP contribution in [0, 0.1) is 13.8 Å². The summed E-state index contributed by atoms with van der Waals surface area (Å²) in [5.41, 5.74) is 3.16. The highest BCUT2D eigenvalue weighted by molar-refractivity contribution is 5.92. The molecule has 8 nitrogen and oxygen atoms in total. The van der Waals surface area contributed by atoms with Crippen molar-refractivity contribution >= 4 is 11.8 Å². The van der Waals surface area contributed by atoms with Crippen LogP contribution in [0.5, 0.6) is 11.5 Å². The summed E-state index contributed by atoms with van der Waals surface area (Å²) >= 11 is 0. The summed E-state index contributed by atoms with van der Waals surface area (Å²) in [6, 6.07) is 16.2. The number of hydrogen-bond acceptors (Lipinski definition) is 5. The fourth-order valence-corrected chi connectivity index (χ4v) is 4.39. The van der Waals surface area contributed by atoms with E-state index in [1.807, 2.05) is 61.0 Å². The summed E-state index contributed by atoms with van der Waals surface area (Å²) in [5, 5.41) is 7.56. The second kappa shape index (κ2) is 8.03. The van der Waals surface area contributed by atoms with Crippen molar-refractivity contribution in [2.45, 2.75) is 26.0 Å². The zero-order valence-corrected chi connectivity index (χ0v) is 17.9. The molecular formula is C24H24N4O4. The molecule has 0 aliphatic carbocycles. The molecule has 1 N–H and O–H groups in total. The van der Waals surface area contributed by atoms with E-state index in [2.05, 4.69) is 10.4 Å². The summed E-state index contributed by atoms with van der Waals surface area (Å²) < 4.78 is 13.5. The number of hydrogen-bond donors (Lipinski definition) is 1. The average molecular weight is 432 g/mol. The Kier molecular flexibility index (Phi) is 5.05. The number of benzene rings is 2. The molecule has 2 atom stereocenters. The Morgan fingerprint density at radius 1 is 1.06 bits per heavy atom. The zero-order valence-electron chi connectivity index (χ0n) is 17.9. The number of amides is 2. The first-order valence-electron chi connectivity index (χ1n) is 10.6. The van der Waals surface area contributed by atoms with Gasteiger partial charge in [0.1, 0.15) is 12.6 Å². The van der Waals surface area contributed by atoms with Gasteiger partial charge < -0.3 is 19.7 Å². The summed E-state index contributed by atoms with van der Waals surface area (Å²) in [6.45, 7) is 4.65. The maximum atomic E-state index is 13.5. The van der Waals surface area contributed by atoms with Crippen LogP contribution >= 0.6 is 0 Å². The van der Waals surface area contributed by atoms with Gasteiger partial charge in [0.05, 0.1) is 11.4 Å². The fraction of sp³-hybridized carbons (Fsp3) is 0.292. The summed E-state index contributed by atoms with van der Waals surface area (Å²) in [6.07, 6.45) is -0.817. The summed E-state index contributed by atoms with van der Waals surface area (Å²) in [4.78, 5) is 28.1. The van der Waals surface area contributed by atoms with E-state index in [9.17, 15) is 9.59 Å². The number of fused-ring (bicyclic) bond motifs is 1. The Balaban J connectivity index is 1.49. The van der Waals surface area contributed by atoms with Gasteiger partial charge in [-0.3, -0.25) is 9.59 Å². The second-order valence-electron chi connectivity index (χ2n) is 7.92. The number of ether oxygens (including phenoxy) is 2. The van der Waals surface area contributed by atoms with E-state index in [-0.39, 0.29) is 18.4 Å². The molecule has 3 heterocycles. The number of aryl methyl sites for hydroxylation is 1. The Hall–Kier alpha value is -3.81. The Labute approximate surface area is 185 Å². The molecule has 1 saturated heterocycles. The van der Waals surface area contributed by atoms with Crippen LogP contribution in [0.15, 0.2) is 54.6 Å². The first-order chi connectivity index (χ1) is 15.5. The number of piperazine rings is 1. The van der Waals surface area contributed by atoms with Gasteiger partial charge in [0.25, 0.3) is 5.91 Å². The number of carbonyl (C=O) groups excluding carboxylic acids is 2. The van der Waals surface area contributed by atoms with E-state index in [4.69, 9.17) is 9.47 Å². The van der Waals surface area contributed by atoms with E-state index in [0.29, 0.717) is 30.3 Å². The van der Waals surface area contributed by atoms with Gasteiger partial charge in [-0.1, -0.05) is 30.3 Å². The van der Waals surface area contributed by atoms with Crippen molar-refractivity contribution in [1.29, 1.82) is 0 Å². The van der Waals surface area contributed by atoms with Crippen LogP contribution in [0.2, 0.25) is 0 Å². The number of aromatic nitrogens is 2. The molecule has 2 amide bonds. The molecule has 0 unspecified atom stereocenters. The Morgan fingerprint density at radius 3 is 2.56 bits per heavy atom. The van der Waals surface area contributed by atoms with E-state index in [0.717, 1.165) is 16.9 Å². The number of rotatable bonds is 3. The lowest BCUT2D eigenvalue weighted by atomic mass is 9.99. The molecule has 3 aromatic rings. The highest BCUT2D eigenvalue weighted by Crippen LogP contribution is 2.34. The molecule has 1 fully saturated rings. The largest absolute Gasteiger partial charge is 0.485 e. The average Bonchev–Trinajstić information content (AvgIpc) is 3.12. The third-order valence-electron chi connectivity index (χ3n) is 5.90. The lowest BCUT2D eigenvalue weighted by Crippen LogP contribution is -2.56. The third kappa shape index (κ3) is 3.37. The molecule has 5 rings (SSSR count). The van der Waals surface area contributed by atoms with Gasteiger partial charge in [-0.15, -0.1) is 0 Å². The molecular weight excluding hydrogens is 408 g/mol. The van der Waals surface area contributed by atoms with Gasteiger partial charge in [-0.25, -0.2) is 4.68 Å². The maximum Gasteiger partial charge on any atom is 0.268 e. The second-order valence-corrected chi connectivity index (χ2v) is 7.92. The summed E-state index contributed by atoms with van der Waals surface area (Å²) in [7, 11) is 0. The minimum absolute atomic E-state index is 0.0991. The molecule has 0 spiro atoms. The van der Waals surface area contributed by atoms with Gasteiger partial charge >= 0.3 is 0 Å². The molecule has 164 valence electrons. The summed E-state index contributed by atoms with van der Waals surface area (Å²) in [5.74, 6) is 0.644. The van der Waals surface area contributed by atoms with E-state index >= 15 is 0 Å². The van der Waals surface area contributed by atoms with Crippen molar-refractivity contribution in [2.75, 3.05) is 19.7 Å². The van der Waals surface area contributed by atoms with E-state index in [1.54, 1.807) is 17.0 Å². The lowest BCUT2D eigenvalue weighted by molar-refractivity contribution is -0.150. The fourth-order valence-electron chi connectivity index (χ4n) is 4.39. The van der Waals surface area contributed by atoms with Crippen LogP contribution in [0.1, 0.15) is 23.0 Å². The number of para-hydroxylation sites is 3. The molecule has 2 aliphatic rings. The van der Waals surface area contributed by atoms with Gasteiger partial charge in [-0.05, 0) is 38.1 Å². The van der Waals surface area contributed by atoms with Crippen LogP contribution in [-0.4, -0.2) is 52.3 Å². The standard InChI is InChI=1S/C24H24N4O4/c1-15-21(16(2)28(26-15)17-8-4-3-5-9-17)22-23(29)25-12-13-27(22)24(30)20-14-31-18-10-6-7-11-19(18)32-20/h3-11,20,22H,12-14H2,1-2H3,(H,25,29)/t20-,22-/m0/s1. The first kappa shape index (κ1) is 20.1. The van der Waals surface area contributed by atoms with Crippen LogP contribution in [-0.2, 0) is 9.59 Å². The van der Waals surface area contributed by atoms with Crippen LogP contribution in [0.4, 0.5) is 0 Å². The van der Waals surface area contributed by atoms with Crippen LogP contribution < -0.4 is 14.8 Å². The Morgan fingerprint density at radius 2 is 1.78 bits per heavy atom. The van der Waals surface area contributed by atoms with Crippen LogP contribution in [0.25, 0.3) is 5.69 Å². The molecule has 0 saturated carbocycles.